The van der Waals surface area contributed by atoms with Gasteiger partial charge in [-0.2, -0.15) is 0 Å². The van der Waals surface area contributed by atoms with Crippen molar-refractivity contribution in [2.75, 3.05) is 6.61 Å². The fourth-order valence-electron chi connectivity index (χ4n) is 1.35. The molecular weight excluding hydrogens is 178 g/mol. The molecule has 0 radical (unpaired) electrons. The highest BCUT2D eigenvalue weighted by atomic mass is 16.7. The Hall–Kier alpha value is -1.35. The average Bonchev–Trinajstić information content (AvgIpc) is 2.18. The van der Waals surface area contributed by atoms with Crippen molar-refractivity contribution in [2.24, 2.45) is 0 Å². The molecule has 0 fully saturated rings. The molecule has 1 aromatic rings. The first-order valence-electron chi connectivity index (χ1n) is 4.61. The minimum absolute atomic E-state index is 0.534. The van der Waals surface area contributed by atoms with Crippen LogP contribution >= 0.6 is 0 Å². The zero-order valence-corrected chi connectivity index (χ0v) is 8.36. The smallest absolute Gasteiger partial charge is 0.205 e. The summed E-state index contributed by atoms with van der Waals surface area (Å²) in [5.41, 5.74) is 1.04. The summed E-state index contributed by atoms with van der Waals surface area (Å²) in [6, 6.07) is 3.85. The van der Waals surface area contributed by atoms with Crippen LogP contribution in [0, 0.1) is 0 Å². The summed E-state index contributed by atoms with van der Waals surface area (Å²) in [4.78, 5) is 3.96. The molecule has 1 aromatic heterocycles. The molecule has 3 heteroatoms. The molecule has 0 saturated carbocycles. The Kier molecular flexibility index (Phi) is 2.25. The Bertz CT molecular complexity index is 344. The van der Waals surface area contributed by atoms with Crippen LogP contribution in [0.4, 0.5) is 0 Å². The number of pyridine rings is 1. The molecule has 0 aliphatic carbocycles. The molecule has 0 aromatic carbocycles. The highest BCUT2D eigenvalue weighted by molar-refractivity contribution is 5.59. The standard InChI is InChI=1S/C11H13NO2/c1-11(2)13-8-5-10(14-11)9-3-6-12-7-4-9/h3-7H,8H2,1-2H3. The van der Waals surface area contributed by atoms with Crippen molar-refractivity contribution >= 4 is 5.76 Å². The third-order valence-electron chi connectivity index (χ3n) is 2.02. The first kappa shape index (κ1) is 9.21. The van der Waals surface area contributed by atoms with Crippen molar-refractivity contribution < 1.29 is 9.47 Å². The normalized spacial score (nSPS) is 19.7. The van der Waals surface area contributed by atoms with Crippen molar-refractivity contribution in [3.63, 3.8) is 0 Å². The van der Waals surface area contributed by atoms with E-state index >= 15 is 0 Å². The van der Waals surface area contributed by atoms with Gasteiger partial charge in [-0.25, -0.2) is 0 Å². The van der Waals surface area contributed by atoms with Gasteiger partial charge in [-0.05, 0) is 18.2 Å². The molecule has 0 saturated heterocycles. The third kappa shape index (κ3) is 1.93. The summed E-state index contributed by atoms with van der Waals surface area (Å²) in [5.74, 6) is 0.330. The van der Waals surface area contributed by atoms with E-state index in [4.69, 9.17) is 9.47 Å². The van der Waals surface area contributed by atoms with E-state index in [0.717, 1.165) is 11.3 Å². The van der Waals surface area contributed by atoms with Crippen LogP contribution < -0.4 is 0 Å². The minimum Gasteiger partial charge on any atom is -0.463 e. The van der Waals surface area contributed by atoms with E-state index in [1.165, 1.54) is 0 Å². The monoisotopic (exact) mass is 191 g/mol. The van der Waals surface area contributed by atoms with Crippen LogP contribution in [0.15, 0.2) is 30.6 Å². The summed E-state index contributed by atoms with van der Waals surface area (Å²) in [5, 5.41) is 0. The molecule has 0 spiro atoms. The highest BCUT2D eigenvalue weighted by Crippen LogP contribution is 2.27. The van der Waals surface area contributed by atoms with E-state index < -0.39 is 5.79 Å². The second-order valence-electron chi connectivity index (χ2n) is 3.62. The Labute approximate surface area is 83.4 Å². The van der Waals surface area contributed by atoms with E-state index in [-0.39, 0.29) is 0 Å². The number of rotatable bonds is 1. The molecule has 3 nitrogen and oxygen atoms in total. The molecule has 74 valence electrons. The number of ether oxygens (including phenoxy) is 2. The van der Waals surface area contributed by atoms with Crippen LogP contribution in [0.2, 0.25) is 0 Å². The molecule has 0 unspecified atom stereocenters. The highest BCUT2D eigenvalue weighted by Gasteiger charge is 2.25. The van der Waals surface area contributed by atoms with Crippen molar-refractivity contribution in [3.8, 4) is 0 Å². The van der Waals surface area contributed by atoms with Crippen LogP contribution in [-0.2, 0) is 9.47 Å². The van der Waals surface area contributed by atoms with Crippen molar-refractivity contribution in [3.05, 3.63) is 36.2 Å². The Morgan fingerprint density at radius 1 is 1.29 bits per heavy atom. The Morgan fingerprint density at radius 2 is 2.00 bits per heavy atom. The molecule has 0 amide bonds. The zero-order valence-electron chi connectivity index (χ0n) is 8.36. The van der Waals surface area contributed by atoms with E-state index in [1.807, 2.05) is 32.1 Å². The summed E-state index contributed by atoms with van der Waals surface area (Å²) < 4.78 is 11.1. The van der Waals surface area contributed by atoms with E-state index in [0.29, 0.717) is 6.61 Å². The van der Waals surface area contributed by atoms with Gasteiger partial charge in [0.05, 0.1) is 6.61 Å². The molecule has 1 aliphatic heterocycles. The molecule has 0 bridgehead atoms. The second kappa shape index (κ2) is 3.42. The summed E-state index contributed by atoms with van der Waals surface area (Å²) in [6.45, 7) is 4.40. The number of hydrogen-bond donors (Lipinski definition) is 0. The van der Waals surface area contributed by atoms with Gasteiger partial charge < -0.3 is 9.47 Å². The summed E-state index contributed by atoms with van der Waals surface area (Å²) >= 11 is 0. The lowest BCUT2D eigenvalue weighted by Crippen LogP contribution is -2.31. The Balaban J connectivity index is 2.24. The molecule has 1 aliphatic rings. The van der Waals surface area contributed by atoms with E-state index in [9.17, 15) is 0 Å². The van der Waals surface area contributed by atoms with E-state index in [1.54, 1.807) is 12.4 Å². The number of aromatic nitrogens is 1. The predicted molar refractivity (Wildman–Crippen MR) is 53.3 cm³/mol. The van der Waals surface area contributed by atoms with Crippen molar-refractivity contribution in [2.45, 2.75) is 19.6 Å². The van der Waals surface area contributed by atoms with Gasteiger partial charge in [0.15, 0.2) is 0 Å². The largest absolute Gasteiger partial charge is 0.463 e. The van der Waals surface area contributed by atoms with E-state index in [2.05, 4.69) is 4.98 Å². The number of hydrogen-bond acceptors (Lipinski definition) is 3. The third-order valence-corrected chi connectivity index (χ3v) is 2.02. The van der Waals surface area contributed by atoms with Gasteiger partial charge in [0.2, 0.25) is 5.79 Å². The first-order valence-corrected chi connectivity index (χ1v) is 4.61. The molecule has 0 atom stereocenters. The summed E-state index contributed by atoms with van der Waals surface area (Å²) in [6.07, 6.45) is 5.44. The van der Waals surface area contributed by atoms with Crippen LogP contribution in [-0.4, -0.2) is 17.4 Å². The van der Waals surface area contributed by atoms with Gasteiger partial charge in [0, 0.05) is 31.8 Å². The molecule has 14 heavy (non-hydrogen) atoms. The molecule has 0 N–H and O–H groups in total. The maximum absolute atomic E-state index is 5.67. The lowest BCUT2D eigenvalue weighted by atomic mass is 10.2. The quantitative estimate of drug-likeness (QED) is 0.682. The fraction of sp³-hybridized carbons (Fsp3) is 0.364. The topological polar surface area (TPSA) is 31.4 Å². The fourth-order valence-corrected chi connectivity index (χ4v) is 1.35. The van der Waals surface area contributed by atoms with Gasteiger partial charge in [0.1, 0.15) is 5.76 Å². The SMILES string of the molecule is CC1(C)OCC=C(c2ccncc2)O1. The average molecular weight is 191 g/mol. The molecular formula is C11H13NO2. The minimum atomic E-state index is -0.534. The van der Waals surface area contributed by atoms with Crippen LogP contribution in [0.1, 0.15) is 19.4 Å². The van der Waals surface area contributed by atoms with Gasteiger partial charge in [0.25, 0.3) is 0 Å². The lowest BCUT2D eigenvalue weighted by molar-refractivity contribution is -0.174. The lowest BCUT2D eigenvalue weighted by Gasteiger charge is -2.31. The van der Waals surface area contributed by atoms with Crippen LogP contribution in [0.25, 0.3) is 5.76 Å². The maximum Gasteiger partial charge on any atom is 0.205 e. The molecule has 2 heterocycles. The Morgan fingerprint density at radius 3 is 2.64 bits per heavy atom. The molecule has 2 rings (SSSR count). The van der Waals surface area contributed by atoms with Crippen molar-refractivity contribution in [1.29, 1.82) is 0 Å². The number of nitrogens with zero attached hydrogens (tertiary/aromatic N) is 1. The zero-order chi connectivity index (χ0) is 10.0. The van der Waals surface area contributed by atoms with Crippen LogP contribution in [0.3, 0.4) is 0 Å². The van der Waals surface area contributed by atoms with Gasteiger partial charge >= 0.3 is 0 Å². The van der Waals surface area contributed by atoms with Gasteiger partial charge in [-0.1, -0.05) is 0 Å². The van der Waals surface area contributed by atoms with Crippen LogP contribution in [0.5, 0.6) is 0 Å². The second-order valence-corrected chi connectivity index (χ2v) is 3.62. The predicted octanol–water partition coefficient (Wildman–Crippen LogP) is 2.21. The van der Waals surface area contributed by atoms with Gasteiger partial charge in [-0.3, -0.25) is 4.98 Å². The maximum atomic E-state index is 5.67. The van der Waals surface area contributed by atoms with Gasteiger partial charge in [-0.15, -0.1) is 0 Å². The summed E-state index contributed by atoms with van der Waals surface area (Å²) in [7, 11) is 0. The van der Waals surface area contributed by atoms with Crippen molar-refractivity contribution in [1.82, 2.24) is 4.98 Å². The first-order chi connectivity index (χ1) is 6.67.